The van der Waals surface area contributed by atoms with E-state index in [0.29, 0.717) is 13.2 Å². The summed E-state index contributed by atoms with van der Waals surface area (Å²) in [5.41, 5.74) is 2.13. The Labute approximate surface area is 211 Å². The van der Waals surface area contributed by atoms with E-state index in [0.717, 1.165) is 29.9 Å². The van der Waals surface area contributed by atoms with Crippen molar-refractivity contribution in [3.05, 3.63) is 28.5 Å². The zero-order valence-corrected chi connectivity index (χ0v) is 23.3. The van der Waals surface area contributed by atoms with E-state index in [1.807, 2.05) is 6.07 Å². The minimum absolute atomic E-state index is 0.369. The zero-order valence-electron chi connectivity index (χ0n) is 23.3. The first-order chi connectivity index (χ1) is 16.4. The van der Waals surface area contributed by atoms with Crippen molar-refractivity contribution < 1.29 is 14.1 Å². The van der Waals surface area contributed by atoms with E-state index in [2.05, 4.69) is 19.9 Å². The maximum atomic E-state index is 12.3. The number of nitrogens with zero attached hydrogens (tertiary/aromatic N) is 1. The van der Waals surface area contributed by atoms with Crippen LogP contribution in [0.4, 0.5) is 0 Å². The summed E-state index contributed by atoms with van der Waals surface area (Å²) in [7, 11) is 5.02. The Morgan fingerprint density at radius 1 is 0.706 bits per heavy atom. The first kappa shape index (κ1) is 30.8. The van der Waals surface area contributed by atoms with E-state index in [9.17, 15) is 5.21 Å². The topological polar surface area (TPSA) is 41.5 Å². The summed E-state index contributed by atoms with van der Waals surface area (Å²) in [5, 5.41) is 12.3. The number of quaternary nitrogens is 1. The van der Waals surface area contributed by atoms with Crippen molar-refractivity contribution in [3.63, 3.8) is 0 Å². The predicted molar refractivity (Wildman–Crippen MR) is 147 cm³/mol. The zero-order chi connectivity index (χ0) is 25.1. The number of hydrogen-bond donors (Lipinski definition) is 0. The third kappa shape index (κ3) is 14.9. The average molecular weight is 478 g/mol. The molecule has 0 aliphatic heterocycles. The number of benzene rings is 1. The minimum atomic E-state index is -0.369. The molecule has 198 valence electrons. The fraction of sp³-hybridized carbons (Fsp3) is 0.800. The largest absolute Gasteiger partial charge is 0.633 e. The van der Waals surface area contributed by atoms with Crippen LogP contribution in [0.1, 0.15) is 128 Å². The lowest BCUT2D eigenvalue weighted by molar-refractivity contribution is -0.853. The van der Waals surface area contributed by atoms with Gasteiger partial charge < -0.3 is 19.3 Å². The van der Waals surface area contributed by atoms with Gasteiger partial charge in [0, 0.05) is 0 Å². The number of methoxy groups -OCH3 is 1. The molecule has 0 bridgehead atoms. The van der Waals surface area contributed by atoms with Crippen molar-refractivity contribution in [1.29, 1.82) is 0 Å². The molecule has 0 spiro atoms. The van der Waals surface area contributed by atoms with Gasteiger partial charge in [0.2, 0.25) is 0 Å². The summed E-state index contributed by atoms with van der Waals surface area (Å²) in [5.74, 6) is 1.50. The van der Waals surface area contributed by atoms with Crippen LogP contribution in [0.25, 0.3) is 0 Å². The summed E-state index contributed by atoms with van der Waals surface area (Å²) in [6, 6.07) is 4.14. The van der Waals surface area contributed by atoms with Crippen molar-refractivity contribution in [2.45, 2.75) is 130 Å². The molecule has 1 aromatic rings. The highest BCUT2D eigenvalue weighted by Gasteiger charge is 2.17. The number of unbranched alkanes of at least 4 members (excludes halogenated alkanes) is 15. The molecule has 0 fully saturated rings. The van der Waals surface area contributed by atoms with Gasteiger partial charge >= 0.3 is 0 Å². The predicted octanol–water partition coefficient (Wildman–Crippen LogP) is 8.97. The van der Waals surface area contributed by atoms with Crippen molar-refractivity contribution in [2.24, 2.45) is 0 Å². The van der Waals surface area contributed by atoms with Crippen LogP contribution < -0.4 is 9.47 Å². The van der Waals surface area contributed by atoms with E-state index in [1.54, 1.807) is 21.2 Å². The van der Waals surface area contributed by atoms with Crippen LogP contribution in [0, 0.1) is 5.21 Å². The molecular weight excluding hydrogens is 422 g/mol. The molecule has 1 rings (SSSR count). The highest BCUT2D eigenvalue weighted by molar-refractivity contribution is 5.49. The molecule has 0 saturated heterocycles. The van der Waals surface area contributed by atoms with Gasteiger partial charge in [-0.1, -0.05) is 110 Å². The smallest absolute Gasteiger partial charge is 0.169 e. The Kier molecular flexibility index (Phi) is 17.2. The summed E-state index contributed by atoms with van der Waals surface area (Å²) in [4.78, 5) is 0. The Bertz CT molecular complexity index is 624. The number of ether oxygens (including phenoxy) is 2. The van der Waals surface area contributed by atoms with E-state index in [4.69, 9.17) is 9.47 Å². The highest BCUT2D eigenvalue weighted by atomic mass is 16.5. The van der Waals surface area contributed by atoms with Crippen LogP contribution in [0.5, 0.6) is 11.5 Å². The second kappa shape index (κ2) is 19.0. The molecule has 0 N–H and O–H groups in total. The number of rotatable bonds is 22. The van der Waals surface area contributed by atoms with Crippen molar-refractivity contribution in [2.75, 3.05) is 27.8 Å². The first-order valence-corrected chi connectivity index (χ1v) is 14.3. The lowest BCUT2D eigenvalue weighted by Crippen LogP contribution is -2.31. The molecule has 4 heteroatoms. The normalized spacial score (nSPS) is 11.7. The SMILES string of the molecule is CCCCCCCCCCCCCCCCCCOc1c(C[N+](C)(C)[O-])cc(CC)cc1OC. The van der Waals surface area contributed by atoms with Crippen LogP contribution in [0.15, 0.2) is 12.1 Å². The molecule has 0 aromatic heterocycles. The fourth-order valence-electron chi connectivity index (χ4n) is 4.59. The van der Waals surface area contributed by atoms with Crippen molar-refractivity contribution in [3.8, 4) is 11.5 Å². The van der Waals surface area contributed by atoms with Gasteiger partial charge in [-0.25, -0.2) is 0 Å². The van der Waals surface area contributed by atoms with Crippen LogP contribution >= 0.6 is 0 Å². The Morgan fingerprint density at radius 2 is 1.18 bits per heavy atom. The second-order valence-corrected chi connectivity index (χ2v) is 10.5. The maximum Gasteiger partial charge on any atom is 0.169 e. The Hall–Kier alpha value is -1.26. The molecule has 0 heterocycles. The van der Waals surface area contributed by atoms with E-state index in [1.165, 1.54) is 102 Å². The van der Waals surface area contributed by atoms with Crippen molar-refractivity contribution >= 4 is 0 Å². The van der Waals surface area contributed by atoms with Crippen LogP contribution in [0.3, 0.4) is 0 Å². The van der Waals surface area contributed by atoms with Crippen LogP contribution in [-0.2, 0) is 13.0 Å². The number of hydrogen-bond acceptors (Lipinski definition) is 3. The van der Waals surface area contributed by atoms with Gasteiger partial charge in [0.25, 0.3) is 0 Å². The van der Waals surface area contributed by atoms with Gasteiger partial charge in [0.15, 0.2) is 11.5 Å². The van der Waals surface area contributed by atoms with Gasteiger partial charge in [-0.15, -0.1) is 0 Å². The summed E-state index contributed by atoms with van der Waals surface area (Å²) in [6.07, 6.45) is 22.7. The fourth-order valence-corrected chi connectivity index (χ4v) is 4.59. The van der Waals surface area contributed by atoms with Crippen LogP contribution in [0.2, 0.25) is 0 Å². The lowest BCUT2D eigenvalue weighted by atomic mass is 10.0. The van der Waals surface area contributed by atoms with Gasteiger partial charge in [0.1, 0.15) is 6.54 Å². The molecule has 0 atom stereocenters. The third-order valence-corrected chi connectivity index (χ3v) is 6.62. The lowest BCUT2D eigenvalue weighted by Gasteiger charge is -2.34. The molecule has 1 aromatic carbocycles. The monoisotopic (exact) mass is 477 g/mol. The molecule has 4 nitrogen and oxygen atoms in total. The molecule has 0 unspecified atom stereocenters. The molecule has 34 heavy (non-hydrogen) atoms. The number of aryl methyl sites for hydroxylation is 1. The molecule has 0 amide bonds. The van der Waals surface area contributed by atoms with Crippen LogP contribution in [-0.4, -0.2) is 32.5 Å². The molecular formula is C30H55NO3. The van der Waals surface area contributed by atoms with Crippen molar-refractivity contribution in [1.82, 2.24) is 0 Å². The van der Waals surface area contributed by atoms with E-state index in [-0.39, 0.29) is 4.65 Å². The Morgan fingerprint density at radius 3 is 1.59 bits per heavy atom. The van der Waals surface area contributed by atoms with Gasteiger partial charge in [-0.2, -0.15) is 0 Å². The quantitative estimate of drug-likeness (QED) is 0.0950. The summed E-state index contributed by atoms with van der Waals surface area (Å²) >= 11 is 0. The molecule has 0 aliphatic carbocycles. The molecule has 0 radical (unpaired) electrons. The van der Waals surface area contributed by atoms with Gasteiger partial charge in [0.05, 0.1) is 33.4 Å². The standard InChI is InChI=1S/C30H55NO3/c1-6-8-9-10-11-12-13-14-15-16-17-18-19-20-21-22-23-34-30-28(26-31(3,4)32)24-27(7-2)25-29(30)33-5/h24-25H,6-23,26H2,1-5H3. The third-order valence-electron chi connectivity index (χ3n) is 6.62. The number of hydroxylamine groups is 3. The van der Waals surface area contributed by atoms with E-state index >= 15 is 0 Å². The van der Waals surface area contributed by atoms with E-state index < -0.39 is 0 Å². The highest BCUT2D eigenvalue weighted by Crippen LogP contribution is 2.35. The van der Waals surface area contributed by atoms with Gasteiger partial charge in [-0.3, -0.25) is 0 Å². The Balaban J connectivity index is 2.14. The summed E-state index contributed by atoms with van der Waals surface area (Å²) < 4.78 is 11.4. The molecule has 0 saturated carbocycles. The molecule has 0 aliphatic rings. The maximum absolute atomic E-state index is 12.3. The van der Waals surface area contributed by atoms with Gasteiger partial charge in [-0.05, 0) is 30.5 Å². The second-order valence-electron chi connectivity index (χ2n) is 10.5. The first-order valence-electron chi connectivity index (χ1n) is 14.3. The minimum Gasteiger partial charge on any atom is -0.633 e. The summed E-state index contributed by atoms with van der Waals surface area (Å²) in [6.45, 7) is 5.47. The average Bonchev–Trinajstić information content (AvgIpc) is 2.80.